The van der Waals surface area contributed by atoms with Crippen LogP contribution in [0.4, 0.5) is 24.7 Å². The number of ether oxygens (including phenoxy) is 2. The second-order valence-corrected chi connectivity index (χ2v) is 10.7. The van der Waals surface area contributed by atoms with Crippen molar-refractivity contribution in [1.82, 2.24) is 14.9 Å². The summed E-state index contributed by atoms with van der Waals surface area (Å²) in [6.07, 6.45) is -3.67. The Morgan fingerprint density at radius 1 is 1.02 bits per heavy atom. The first-order valence-electron chi connectivity index (χ1n) is 12.9. The molecule has 1 aromatic heterocycles. The van der Waals surface area contributed by atoms with Crippen LogP contribution in [0.1, 0.15) is 11.1 Å². The number of alkyl halides is 3. The molecule has 0 unspecified atom stereocenters. The number of hydrogen-bond acceptors (Lipinski definition) is 8. The summed E-state index contributed by atoms with van der Waals surface area (Å²) >= 11 is 7.47. The minimum atomic E-state index is -4.40. The fourth-order valence-corrected chi connectivity index (χ4v) is 5.39. The van der Waals surface area contributed by atoms with Gasteiger partial charge in [-0.1, -0.05) is 35.5 Å². The predicted molar refractivity (Wildman–Crippen MR) is 155 cm³/mol. The van der Waals surface area contributed by atoms with Crippen molar-refractivity contribution in [2.24, 2.45) is 0 Å². The smallest absolute Gasteiger partial charge is 0.416 e. The lowest BCUT2D eigenvalue weighted by Crippen LogP contribution is -2.49. The van der Waals surface area contributed by atoms with Gasteiger partial charge in [-0.25, -0.2) is 9.97 Å². The highest BCUT2D eigenvalue weighted by atomic mass is 35.5. The number of piperazine rings is 1. The van der Waals surface area contributed by atoms with Gasteiger partial charge in [0.1, 0.15) is 11.0 Å². The number of thioether (sulfide) groups is 1. The Morgan fingerprint density at radius 3 is 2.44 bits per heavy atom. The van der Waals surface area contributed by atoms with Gasteiger partial charge in [-0.2, -0.15) is 13.2 Å². The van der Waals surface area contributed by atoms with E-state index < -0.39 is 11.7 Å². The first-order valence-corrected chi connectivity index (χ1v) is 14.2. The van der Waals surface area contributed by atoms with Gasteiger partial charge in [0.25, 0.3) is 0 Å². The Hall–Kier alpha value is -3.38. The monoisotopic (exact) mass is 609 g/mol. The van der Waals surface area contributed by atoms with E-state index in [0.29, 0.717) is 60.9 Å². The highest BCUT2D eigenvalue weighted by molar-refractivity contribution is 7.99. The Balaban J connectivity index is 1.29. The molecule has 1 saturated heterocycles. The molecular weight excluding hydrogens is 579 g/mol. The fraction of sp³-hybridized carbons (Fsp3) is 0.393. The van der Waals surface area contributed by atoms with E-state index in [4.69, 9.17) is 21.1 Å². The number of likely N-dealkylation sites (N-methyl/N-ethyl adjacent to an activating group) is 1. The lowest BCUT2D eigenvalue weighted by atomic mass is 10.1. The van der Waals surface area contributed by atoms with E-state index in [1.807, 2.05) is 35.0 Å². The maximum atomic E-state index is 13.1. The van der Waals surface area contributed by atoms with Crippen molar-refractivity contribution in [3.05, 3.63) is 64.8 Å². The van der Waals surface area contributed by atoms with Crippen LogP contribution >= 0.6 is 23.4 Å². The molecule has 1 amide bonds. The summed E-state index contributed by atoms with van der Waals surface area (Å²) in [4.78, 5) is 27.3. The van der Waals surface area contributed by atoms with Gasteiger partial charge in [0, 0.05) is 51.5 Å². The number of carbonyl (C=O) groups excluding carboxylic acids is 1. The molecular formula is C28H31ClF3N5O3S. The van der Waals surface area contributed by atoms with Crippen LogP contribution in [0.2, 0.25) is 5.15 Å². The Morgan fingerprint density at radius 2 is 1.76 bits per heavy atom. The topological polar surface area (TPSA) is 71.0 Å². The highest BCUT2D eigenvalue weighted by Gasteiger charge is 2.31. The zero-order valence-corrected chi connectivity index (χ0v) is 24.5. The van der Waals surface area contributed by atoms with Crippen LogP contribution in [0.15, 0.2) is 53.7 Å². The number of benzene rings is 2. The van der Waals surface area contributed by atoms with Gasteiger partial charge in [-0.15, -0.1) is 0 Å². The molecule has 8 nitrogen and oxygen atoms in total. The number of carbonyl (C=O) groups is 1. The Kier molecular flexibility index (Phi) is 10.1. The molecule has 0 radical (unpaired) electrons. The van der Waals surface area contributed by atoms with Gasteiger partial charge >= 0.3 is 6.18 Å². The van der Waals surface area contributed by atoms with Crippen LogP contribution < -0.4 is 19.3 Å². The molecule has 0 aliphatic carbocycles. The van der Waals surface area contributed by atoms with E-state index >= 15 is 0 Å². The molecule has 0 N–H and O–H groups in total. The van der Waals surface area contributed by atoms with Gasteiger partial charge in [-0.3, -0.25) is 4.79 Å². The molecule has 2 heterocycles. The number of rotatable bonds is 10. The summed E-state index contributed by atoms with van der Waals surface area (Å²) in [5.41, 5.74) is 0.886. The molecule has 0 bridgehead atoms. The third-order valence-corrected chi connectivity index (χ3v) is 7.76. The minimum Gasteiger partial charge on any atom is -0.493 e. The van der Waals surface area contributed by atoms with Crippen molar-refractivity contribution in [2.75, 3.05) is 69.5 Å². The number of anilines is 2. The van der Waals surface area contributed by atoms with Crippen molar-refractivity contribution in [3.8, 4) is 11.5 Å². The number of methoxy groups -OCH3 is 2. The number of nitrogens with zero attached hydrogens (tertiary/aromatic N) is 5. The quantitative estimate of drug-likeness (QED) is 0.175. The largest absolute Gasteiger partial charge is 0.493 e. The molecule has 0 saturated carbocycles. The second kappa shape index (κ2) is 13.5. The number of hydrogen-bond donors (Lipinski definition) is 0. The van der Waals surface area contributed by atoms with E-state index in [1.54, 1.807) is 31.3 Å². The van der Waals surface area contributed by atoms with Crippen LogP contribution in [0.5, 0.6) is 11.5 Å². The summed E-state index contributed by atoms with van der Waals surface area (Å²) in [5, 5.41) is 0.666. The molecule has 1 aliphatic heterocycles. The number of amides is 1. The maximum absolute atomic E-state index is 13.1. The number of aromatic nitrogens is 2. The van der Waals surface area contributed by atoms with Gasteiger partial charge in [0.2, 0.25) is 5.91 Å². The zero-order chi connectivity index (χ0) is 29.6. The van der Waals surface area contributed by atoms with Crippen LogP contribution in [-0.2, 0) is 17.4 Å². The molecule has 2 aromatic carbocycles. The molecule has 13 heteroatoms. The maximum Gasteiger partial charge on any atom is 0.416 e. The van der Waals surface area contributed by atoms with Gasteiger partial charge in [-0.05, 0) is 42.3 Å². The highest BCUT2D eigenvalue weighted by Crippen LogP contribution is 2.32. The summed E-state index contributed by atoms with van der Waals surface area (Å²) < 4.78 is 49.9. The second-order valence-electron chi connectivity index (χ2n) is 9.40. The average Bonchev–Trinajstić information content (AvgIpc) is 2.97. The zero-order valence-electron chi connectivity index (χ0n) is 22.9. The van der Waals surface area contributed by atoms with E-state index in [-0.39, 0.29) is 16.8 Å². The SMILES string of the molecule is COc1ccc(CCN(C)c2cc(Cl)nc(SCC(=O)N3CCN(c4cccc(C(F)(F)F)c4)CC3)n2)cc1OC. The molecule has 1 fully saturated rings. The molecule has 4 rings (SSSR count). The molecule has 1 aliphatic rings. The van der Waals surface area contributed by atoms with Gasteiger partial charge < -0.3 is 24.2 Å². The Bertz CT molecular complexity index is 1360. The summed E-state index contributed by atoms with van der Waals surface area (Å²) in [6.45, 7) is 2.37. The average molecular weight is 610 g/mol. The fourth-order valence-electron chi connectivity index (χ4n) is 4.40. The summed E-state index contributed by atoms with van der Waals surface area (Å²) in [5.74, 6) is 2.00. The molecule has 220 valence electrons. The van der Waals surface area contributed by atoms with Crippen molar-refractivity contribution in [3.63, 3.8) is 0 Å². The number of halogens is 4. The standard InChI is InChI=1S/C28H31ClF3N5O3S/c1-35(10-9-19-7-8-22(39-2)23(15-19)40-3)25-17-24(29)33-27(34-25)41-18-26(38)37-13-11-36(12-14-37)21-6-4-5-20(16-21)28(30,31)32/h4-8,15-17H,9-14,18H2,1-3H3. The van der Waals surface area contributed by atoms with Crippen LogP contribution in [0.3, 0.4) is 0 Å². The van der Waals surface area contributed by atoms with E-state index in [2.05, 4.69) is 9.97 Å². The summed E-state index contributed by atoms with van der Waals surface area (Å²) in [7, 11) is 5.10. The lowest BCUT2D eigenvalue weighted by Gasteiger charge is -2.36. The van der Waals surface area contributed by atoms with Crippen molar-refractivity contribution >= 4 is 40.8 Å². The van der Waals surface area contributed by atoms with Crippen LogP contribution in [0, 0.1) is 0 Å². The molecule has 41 heavy (non-hydrogen) atoms. The minimum absolute atomic E-state index is 0.0920. The van der Waals surface area contributed by atoms with Crippen molar-refractivity contribution < 1.29 is 27.4 Å². The third kappa shape index (κ3) is 8.10. The normalized spacial score (nSPS) is 13.7. The van der Waals surface area contributed by atoms with E-state index in [1.165, 1.54) is 17.8 Å². The first-order chi connectivity index (χ1) is 19.6. The Labute approximate surface area is 246 Å². The van der Waals surface area contributed by atoms with Crippen LogP contribution in [0.25, 0.3) is 0 Å². The van der Waals surface area contributed by atoms with Crippen molar-refractivity contribution in [2.45, 2.75) is 17.8 Å². The third-order valence-electron chi connectivity index (χ3n) is 6.73. The van der Waals surface area contributed by atoms with Gasteiger partial charge in [0.15, 0.2) is 16.7 Å². The van der Waals surface area contributed by atoms with E-state index in [9.17, 15) is 18.0 Å². The predicted octanol–water partition coefficient (Wildman–Crippen LogP) is 5.29. The van der Waals surface area contributed by atoms with Gasteiger partial charge in [0.05, 0.1) is 25.5 Å². The molecule has 3 aromatic rings. The molecule has 0 atom stereocenters. The summed E-state index contributed by atoms with van der Waals surface area (Å²) in [6, 6.07) is 12.7. The van der Waals surface area contributed by atoms with E-state index in [0.717, 1.165) is 24.1 Å². The first kappa shape index (κ1) is 30.6. The van der Waals surface area contributed by atoms with Crippen molar-refractivity contribution in [1.29, 1.82) is 0 Å². The molecule has 0 spiro atoms. The van der Waals surface area contributed by atoms with Crippen LogP contribution in [-0.4, -0.2) is 80.5 Å². The lowest BCUT2D eigenvalue weighted by molar-refractivity contribution is -0.137.